The van der Waals surface area contributed by atoms with Gasteiger partial charge in [0.05, 0.1) is 13.0 Å². The molecule has 2 N–H and O–H groups in total. The summed E-state index contributed by atoms with van der Waals surface area (Å²) in [6.45, 7) is 0.293. The summed E-state index contributed by atoms with van der Waals surface area (Å²) >= 11 is 0. The van der Waals surface area contributed by atoms with Crippen LogP contribution in [0, 0.1) is 0 Å². The molecule has 1 aromatic carbocycles. The first kappa shape index (κ1) is 13.9. The predicted octanol–water partition coefficient (Wildman–Crippen LogP) is 0.262. The van der Waals surface area contributed by atoms with Gasteiger partial charge in [-0.2, -0.15) is 5.48 Å². The van der Waals surface area contributed by atoms with E-state index in [9.17, 15) is 14.7 Å². The van der Waals surface area contributed by atoms with Gasteiger partial charge in [0.2, 0.25) is 0 Å². The molecule has 0 spiro atoms. The van der Waals surface area contributed by atoms with Crippen molar-refractivity contribution >= 4 is 11.8 Å². The maximum Gasteiger partial charge on any atom is 0.308 e. The van der Waals surface area contributed by atoms with Crippen molar-refractivity contribution in [2.45, 2.75) is 30.8 Å². The van der Waals surface area contributed by atoms with Crippen LogP contribution in [0.5, 0.6) is 0 Å². The molecule has 2 aliphatic rings. The van der Waals surface area contributed by atoms with Crippen molar-refractivity contribution in [3.8, 4) is 0 Å². The van der Waals surface area contributed by atoms with E-state index in [2.05, 4.69) is 5.48 Å². The summed E-state index contributed by atoms with van der Waals surface area (Å²) in [4.78, 5) is 28.4. The first-order valence-electron chi connectivity index (χ1n) is 6.64. The molecule has 1 heterocycles. The summed E-state index contributed by atoms with van der Waals surface area (Å²) in [5, 5.41) is 9.87. The lowest BCUT2D eigenvalue weighted by Crippen LogP contribution is -2.58. The Labute approximate surface area is 121 Å². The molecule has 0 amide bonds. The minimum Gasteiger partial charge on any atom is -0.457 e. The molecule has 0 bridgehead atoms. The number of ketones is 1. The van der Waals surface area contributed by atoms with E-state index in [4.69, 9.17) is 9.57 Å². The summed E-state index contributed by atoms with van der Waals surface area (Å²) in [6.07, 6.45) is 0.463. The number of aliphatic hydroxyl groups excluding tert-OH is 1. The number of benzene rings is 1. The van der Waals surface area contributed by atoms with Gasteiger partial charge in [-0.15, -0.1) is 0 Å². The van der Waals surface area contributed by atoms with Gasteiger partial charge >= 0.3 is 5.97 Å². The Morgan fingerprint density at radius 3 is 2.86 bits per heavy atom. The van der Waals surface area contributed by atoms with Gasteiger partial charge in [-0.25, -0.2) is 0 Å². The van der Waals surface area contributed by atoms with E-state index in [0.29, 0.717) is 6.61 Å². The van der Waals surface area contributed by atoms with Crippen LogP contribution in [0.25, 0.3) is 0 Å². The SMILES string of the molecule is O=C1C[C@@]2(NOCc3ccccc3)C=CC(=O)[C@@H](O)[C@H]2O1. The van der Waals surface area contributed by atoms with E-state index in [-0.39, 0.29) is 6.42 Å². The molecule has 1 saturated heterocycles. The van der Waals surface area contributed by atoms with Gasteiger partial charge in [-0.3, -0.25) is 14.4 Å². The van der Waals surface area contributed by atoms with Crippen LogP contribution in [-0.4, -0.2) is 34.6 Å². The minimum absolute atomic E-state index is 0.00724. The standard InChI is InChI=1S/C15H15NO5/c17-11-6-7-15(8-12(18)21-14(15)13(11)19)16-20-9-10-4-2-1-3-5-10/h1-7,13-14,16,19H,8-9H2/t13-,14-,15+/m1/s1. The smallest absolute Gasteiger partial charge is 0.308 e. The van der Waals surface area contributed by atoms with E-state index >= 15 is 0 Å². The average Bonchev–Trinajstić information content (AvgIpc) is 2.82. The van der Waals surface area contributed by atoms with Crippen LogP contribution in [0.3, 0.4) is 0 Å². The van der Waals surface area contributed by atoms with Crippen molar-refractivity contribution in [3.05, 3.63) is 48.0 Å². The highest BCUT2D eigenvalue weighted by Crippen LogP contribution is 2.34. The molecule has 6 nitrogen and oxygen atoms in total. The zero-order valence-electron chi connectivity index (χ0n) is 11.2. The molecule has 1 aliphatic carbocycles. The summed E-state index contributed by atoms with van der Waals surface area (Å²) < 4.78 is 5.05. The van der Waals surface area contributed by atoms with Crippen LogP contribution < -0.4 is 5.48 Å². The van der Waals surface area contributed by atoms with E-state index in [1.807, 2.05) is 30.3 Å². The number of aliphatic hydroxyl groups is 1. The van der Waals surface area contributed by atoms with Crippen molar-refractivity contribution in [1.82, 2.24) is 5.48 Å². The highest BCUT2D eigenvalue weighted by molar-refractivity contribution is 5.96. The van der Waals surface area contributed by atoms with Gasteiger partial charge < -0.3 is 9.84 Å². The zero-order valence-corrected chi connectivity index (χ0v) is 11.2. The minimum atomic E-state index is -1.37. The first-order chi connectivity index (χ1) is 10.1. The van der Waals surface area contributed by atoms with Crippen molar-refractivity contribution in [3.63, 3.8) is 0 Å². The molecule has 110 valence electrons. The van der Waals surface area contributed by atoms with Crippen molar-refractivity contribution in [2.75, 3.05) is 0 Å². The third kappa shape index (κ3) is 2.61. The normalized spacial score (nSPS) is 31.1. The Hall–Kier alpha value is -2.02. The second kappa shape index (κ2) is 5.40. The molecule has 21 heavy (non-hydrogen) atoms. The number of ether oxygens (including phenoxy) is 1. The monoisotopic (exact) mass is 289 g/mol. The highest BCUT2D eigenvalue weighted by atomic mass is 16.7. The number of rotatable bonds is 4. The van der Waals surface area contributed by atoms with Gasteiger partial charge in [-0.05, 0) is 11.6 Å². The van der Waals surface area contributed by atoms with Crippen molar-refractivity contribution in [2.24, 2.45) is 0 Å². The molecule has 0 radical (unpaired) electrons. The number of esters is 1. The number of nitrogens with one attached hydrogen (secondary N) is 1. The largest absolute Gasteiger partial charge is 0.457 e. The topological polar surface area (TPSA) is 84.9 Å². The molecule has 3 rings (SSSR count). The number of carbonyl (C=O) groups excluding carboxylic acids is 2. The number of carbonyl (C=O) groups is 2. The highest BCUT2D eigenvalue weighted by Gasteiger charge is 2.55. The number of fused-ring (bicyclic) bond motifs is 1. The van der Waals surface area contributed by atoms with Crippen LogP contribution in [-0.2, 0) is 25.8 Å². The summed E-state index contributed by atoms with van der Waals surface area (Å²) in [7, 11) is 0. The zero-order chi connectivity index (χ0) is 14.9. The Morgan fingerprint density at radius 1 is 1.33 bits per heavy atom. The fraction of sp³-hybridized carbons (Fsp3) is 0.333. The number of hydrogen-bond acceptors (Lipinski definition) is 6. The fourth-order valence-electron chi connectivity index (χ4n) is 2.56. The second-order valence-electron chi connectivity index (χ2n) is 5.18. The quantitative estimate of drug-likeness (QED) is 0.611. The van der Waals surface area contributed by atoms with Crippen LogP contribution in [0.2, 0.25) is 0 Å². The Balaban J connectivity index is 1.71. The molecular formula is C15H15NO5. The molecule has 0 aromatic heterocycles. The first-order valence-corrected chi connectivity index (χ1v) is 6.64. The number of hydroxylamine groups is 1. The molecule has 0 saturated carbocycles. The van der Waals surface area contributed by atoms with Gasteiger partial charge in [0.1, 0.15) is 5.54 Å². The van der Waals surface area contributed by atoms with Gasteiger partial charge in [0.25, 0.3) is 0 Å². The molecule has 1 fully saturated rings. The molecule has 0 unspecified atom stereocenters. The van der Waals surface area contributed by atoms with Gasteiger partial charge in [0, 0.05) is 0 Å². The van der Waals surface area contributed by atoms with E-state index in [0.717, 1.165) is 5.56 Å². The van der Waals surface area contributed by atoms with Crippen molar-refractivity contribution < 1.29 is 24.3 Å². The summed E-state index contributed by atoms with van der Waals surface area (Å²) in [5.41, 5.74) is 2.74. The Bertz CT molecular complexity index is 585. The molecule has 6 heteroatoms. The molecular weight excluding hydrogens is 274 g/mol. The third-order valence-electron chi connectivity index (χ3n) is 3.67. The molecule has 1 aromatic rings. The lowest BCUT2D eigenvalue weighted by Gasteiger charge is -2.34. The number of hydrogen-bond donors (Lipinski definition) is 2. The van der Waals surface area contributed by atoms with E-state index in [1.54, 1.807) is 0 Å². The van der Waals surface area contributed by atoms with Crippen LogP contribution >= 0.6 is 0 Å². The second-order valence-corrected chi connectivity index (χ2v) is 5.18. The predicted molar refractivity (Wildman–Crippen MR) is 71.7 cm³/mol. The maximum absolute atomic E-state index is 11.5. The summed E-state index contributed by atoms with van der Waals surface area (Å²) in [5.74, 6) is -0.954. The van der Waals surface area contributed by atoms with Crippen LogP contribution in [0.4, 0.5) is 0 Å². The van der Waals surface area contributed by atoms with E-state index in [1.165, 1.54) is 12.2 Å². The van der Waals surface area contributed by atoms with Crippen molar-refractivity contribution in [1.29, 1.82) is 0 Å². The fourth-order valence-corrected chi connectivity index (χ4v) is 2.56. The Morgan fingerprint density at radius 2 is 2.10 bits per heavy atom. The van der Waals surface area contributed by atoms with Crippen LogP contribution in [0.15, 0.2) is 42.5 Å². The van der Waals surface area contributed by atoms with E-state index < -0.39 is 29.5 Å². The average molecular weight is 289 g/mol. The molecule has 1 aliphatic heterocycles. The maximum atomic E-state index is 11.5. The van der Waals surface area contributed by atoms with Gasteiger partial charge in [-0.1, -0.05) is 36.4 Å². The van der Waals surface area contributed by atoms with Gasteiger partial charge in [0.15, 0.2) is 18.0 Å². The summed E-state index contributed by atoms with van der Waals surface area (Å²) in [6, 6.07) is 9.50. The lowest BCUT2D eigenvalue weighted by molar-refractivity contribution is -0.151. The molecule has 3 atom stereocenters. The Kier molecular flexibility index (Phi) is 3.59. The third-order valence-corrected chi connectivity index (χ3v) is 3.67. The lowest BCUT2D eigenvalue weighted by atomic mass is 9.82. The van der Waals surface area contributed by atoms with Crippen LogP contribution in [0.1, 0.15) is 12.0 Å².